The number of hydrogen-bond acceptors (Lipinski definition) is 3. The summed E-state index contributed by atoms with van der Waals surface area (Å²) in [6.07, 6.45) is 4.41. The first-order chi connectivity index (χ1) is 13.2. The van der Waals surface area contributed by atoms with E-state index in [0.717, 1.165) is 37.8 Å². The lowest BCUT2D eigenvalue weighted by atomic mass is 10.0. The van der Waals surface area contributed by atoms with Gasteiger partial charge in [-0.05, 0) is 54.5 Å². The maximum absolute atomic E-state index is 12.9. The molecule has 0 aliphatic carbocycles. The normalized spacial score (nSPS) is 16.4. The molecule has 1 atom stereocenters. The third-order valence-corrected chi connectivity index (χ3v) is 5.42. The molecule has 1 amide bonds. The van der Waals surface area contributed by atoms with Crippen LogP contribution in [0.2, 0.25) is 0 Å². The van der Waals surface area contributed by atoms with E-state index >= 15 is 0 Å². The second-order valence-electron chi connectivity index (χ2n) is 7.03. The quantitative estimate of drug-likeness (QED) is 0.720. The van der Waals surface area contributed by atoms with Gasteiger partial charge in [-0.2, -0.15) is 0 Å². The lowest BCUT2D eigenvalue weighted by Gasteiger charge is -2.26. The maximum atomic E-state index is 12.9. The number of ether oxygens (including phenoxy) is 2. The Morgan fingerprint density at radius 1 is 1.04 bits per heavy atom. The Morgan fingerprint density at radius 2 is 1.74 bits per heavy atom. The monoisotopic (exact) mass is 367 g/mol. The van der Waals surface area contributed by atoms with Gasteiger partial charge in [0, 0.05) is 13.0 Å². The Morgan fingerprint density at radius 3 is 2.41 bits per heavy atom. The van der Waals surface area contributed by atoms with Gasteiger partial charge in [-0.15, -0.1) is 0 Å². The fraction of sp³-hybridized carbons (Fsp3) is 0.435. The minimum absolute atomic E-state index is 0.125. The number of carbonyl (C=O) groups is 1. The molecule has 0 N–H and O–H groups in total. The Kier molecular flexibility index (Phi) is 6.38. The van der Waals surface area contributed by atoms with Crippen LogP contribution in [0.15, 0.2) is 42.5 Å². The van der Waals surface area contributed by atoms with Gasteiger partial charge < -0.3 is 14.4 Å². The molecule has 1 aliphatic rings. The van der Waals surface area contributed by atoms with Crippen LogP contribution in [0.3, 0.4) is 0 Å². The van der Waals surface area contributed by atoms with Crippen LogP contribution in [0.1, 0.15) is 48.9 Å². The minimum atomic E-state index is 0.125. The number of hydrogen-bond donors (Lipinski definition) is 0. The molecule has 27 heavy (non-hydrogen) atoms. The van der Waals surface area contributed by atoms with E-state index in [1.54, 1.807) is 14.2 Å². The van der Waals surface area contributed by atoms with Crippen molar-refractivity contribution in [2.45, 2.75) is 45.1 Å². The zero-order valence-corrected chi connectivity index (χ0v) is 16.5. The lowest BCUT2D eigenvalue weighted by Crippen LogP contribution is -2.30. The van der Waals surface area contributed by atoms with Crippen LogP contribution in [-0.4, -0.2) is 31.6 Å². The van der Waals surface area contributed by atoms with Gasteiger partial charge in [-0.25, -0.2) is 0 Å². The molecular formula is C23H29NO3. The molecule has 144 valence electrons. The van der Waals surface area contributed by atoms with E-state index in [-0.39, 0.29) is 11.9 Å². The van der Waals surface area contributed by atoms with Crippen molar-refractivity contribution in [3.8, 4) is 11.5 Å². The van der Waals surface area contributed by atoms with E-state index in [2.05, 4.69) is 31.2 Å². The first kappa shape index (κ1) is 19.3. The second kappa shape index (κ2) is 8.94. The molecule has 0 aromatic heterocycles. The molecule has 0 saturated carbocycles. The lowest BCUT2D eigenvalue weighted by molar-refractivity contribution is -0.132. The van der Waals surface area contributed by atoms with Crippen LogP contribution in [-0.2, 0) is 17.6 Å². The number of methoxy groups -OCH3 is 2. The molecule has 1 fully saturated rings. The Hall–Kier alpha value is -2.49. The molecule has 1 aliphatic heterocycles. The molecule has 3 rings (SSSR count). The average molecular weight is 367 g/mol. The summed E-state index contributed by atoms with van der Waals surface area (Å²) in [7, 11) is 3.28. The predicted octanol–water partition coefficient (Wildman–Crippen LogP) is 4.56. The van der Waals surface area contributed by atoms with Crippen molar-refractivity contribution < 1.29 is 14.3 Å². The fourth-order valence-electron chi connectivity index (χ4n) is 3.81. The van der Waals surface area contributed by atoms with E-state index in [0.29, 0.717) is 17.9 Å². The molecule has 2 aromatic rings. The Labute approximate surface area is 162 Å². The van der Waals surface area contributed by atoms with E-state index in [9.17, 15) is 4.79 Å². The number of nitrogens with zero attached hydrogens (tertiary/aromatic N) is 1. The van der Waals surface area contributed by atoms with Crippen LogP contribution in [0.25, 0.3) is 0 Å². The smallest absolute Gasteiger partial charge is 0.223 e. The van der Waals surface area contributed by atoms with Gasteiger partial charge in [0.1, 0.15) is 0 Å². The van der Waals surface area contributed by atoms with Gasteiger partial charge in [0.2, 0.25) is 5.91 Å². The van der Waals surface area contributed by atoms with Crippen LogP contribution >= 0.6 is 0 Å². The molecule has 1 saturated heterocycles. The van der Waals surface area contributed by atoms with Crippen molar-refractivity contribution in [1.82, 2.24) is 4.90 Å². The van der Waals surface area contributed by atoms with E-state index in [1.807, 2.05) is 23.1 Å². The molecule has 0 bridgehead atoms. The van der Waals surface area contributed by atoms with Gasteiger partial charge in [-0.1, -0.05) is 37.3 Å². The molecule has 2 aromatic carbocycles. The van der Waals surface area contributed by atoms with Crippen molar-refractivity contribution in [1.29, 1.82) is 0 Å². The Bertz CT molecular complexity index is 770. The number of amides is 1. The highest BCUT2D eigenvalue weighted by Gasteiger charge is 2.30. The summed E-state index contributed by atoms with van der Waals surface area (Å²) >= 11 is 0. The number of rotatable bonds is 7. The average Bonchev–Trinajstić information content (AvgIpc) is 3.21. The largest absolute Gasteiger partial charge is 0.493 e. The SMILES string of the molecule is CCc1ccc(CCC(=O)N2CCCC2c2ccc(OC)c(OC)c2)cc1. The van der Waals surface area contributed by atoms with E-state index in [1.165, 1.54) is 11.1 Å². The van der Waals surface area contributed by atoms with E-state index < -0.39 is 0 Å². The highest BCUT2D eigenvalue weighted by molar-refractivity contribution is 5.77. The summed E-state index contributed by atoms with van der Waals surface area (Å²) in [4.78, 5) is 14.9. The van der Waals surface area contributed by atoms with Crippen LogP contribution < -0.4 is 9.47 Å². The van der Waals surface area contributed by atoms with Crippen molar-refractivity contribution in [2.24, 2.45) is 0 Å². The fourth-order valence-corrected chi connectivity index (χ4v) is 3.81. The molecule has 0 spiro atoms. The number of benzene rings is 2. The Balaban J connectivity index is 1.67. The van der Waals surface area contributed by atoms with Crippen molar-refractivity contribution in [3.63, 3.8) is 0 Å². The predicted molar refractivity (Wildman–Crippen MR) is 107 cm³/mol. The van der Waals surface area contributed by atoms with Gasteiger partial charge in [0.05, 0.1) is 20.3 Å². The second-order valence-corrected chi connectivity index (χ2v) is 7.03. The molecule has 4 nitrogen and oxygen atoms in total. The highest BCUT2D eigenvalue weighted by atomic mass is 16.5. The molecule has 4 heteroatoms. The van der Waals surface area contributed by atoms with Gasteiger partial charge in [-0.3, -0.25) is 4.79 Å². The van der Waals surface area contributed by atoms with Crippen molar-refractivity contribution in [3.05, 3.63) is 59.2 Å². The van der Waals surface area contributed by atoms with Gasteiger partial charge in [0.15, 0.2) is 11.5 Å². The van der Waals surface area contributed by atoms with Gasteiger partial charge in [0.25, 0.3) is 0 Å². The van der Waals surface area contributed by atoms with Crippen LogP contribution in [0, 0.1) is 0 Å². The number of carbonyl (C=O) groups excluding carboxylic acids is 1. The first-order valence-electron chi connectivity index (χ1n) is 9.75. The molecule has 1 unspecified atom stereocenters. The topological polar surface area (TPSA) is 38.8 Å². The third-order valence-electron chi connectivity index (χ3n) is 5.42. The maximum Gasteiger partial charge on any atom is 0.223 e. The first-order valence-corrected chi connectivity index (χ1v) is 9.75. The number of aryl methyl sites for hydroxylation is 2. The zero-order chi connectivity index (χ0) is 19.2. The minimum Gasteiger partial charge on any atom is -0.493 e. The van der Waals surface area contributed by atoms with E-state index in [4.69, 9.17) is 9.47 Å². The molecular weight excluding hydrogens is 338 g/mol. The van der Waals surface area contributed by atoms with Crippen molar-refractivity contribution >= 4 is 5.91 Å². The van der Waals surface area contributed by atoms with Crippen molar-refractivity contribution in [2.75, 3.05) is 20.8 Å². The summed E-state index contributed by atoms with van der Waals surface area (Å²) < 4.78 is 10.8. The molecule has 1 heterocycles. The summed E-state index contributed by atoms with van der Waals surface area (Å²) in [5.74, 6) is 1.66. The molecule has 0 radical (unpaired) electrons. The standard InChI is InChI=1S/C23H29NO3/c1-4-17-7-9-18(10-8-17)11-14-23(25)24-15-5-6-20(24)19-12-13-21(26-2)22(16-19)27-3/h7-10,12-13,16,20H,4-6,11,14-15H2,1-3H3. The number of likely N-dealkylation sites (tertiary alicyclic amines) is 1. The third kappa shape index (κ3) is 4.44. The summed E-state index contributed by atoms with van der Waals surface area (Å²) in [6.45, 7) is 2.98. The summed E-state index contributed by atoms with van der Waals surface area (Å²) in [5.41, 5.74) is 3.67. The highest BCUT2D eigenvalue weighted by Crippen LogP contribution is 2.37. The summed E-state index contributed by atoms with van der Waals surface area (Å²) in [5, 5.41) is 0. The zero-order valence-electron chi connectivity index (χ0n) is 16.5. The summed E-state index contributed by atoms with van der Waals surface area (Å²) in [6, 6.07) is 14.7. The van der Waals surface area contributed by atoms with Crippen LogP contribution in [0.5, 0.6) is 11.5 Å². The van der Waals surface area contributed by atoms with Crippen LogP contribution in [0.4, 0.5) is 0 Å². The van der Waals surface area contributed by atoms with Gasteiger partial charge >= 0.3 is 0 Å².